The van der Waals surface area contributed by atoms with Crippen molar-refractivity contribution in [2.45, 2.75) is 27.2 Å². The number of hydrogen-bond donors (Lipinski definition) is 1. The van der Waals surface area contributed by atoms with E-state index in [9.17, 15) is 0 Å². The van der Waals surface area contributed by atoms with E-state index in [1.807, 2.05) is 0 Å². The summed E-state index contributed by atoms with van der Waals surface area (Å²) in [6.45, 7) is 11.0. The maximum Gasteiger partial charge on any atom is 0.0529 e. The summed E-state index contributed by atoms with van der Waals surface area (Å²) >= 11 is 0. The molecule has 0 saturated heterocycles. The molecule has 14 heavy (non-hydrogen) atoms. The van der Waals surface area contributed by atoms with E-state index < -0.39 is 0 Å². The lowest BCUT2D eigenvalue weighted by Crippen LogP contribution is -2.33. The van der Waals surface area contributed by atoms with Gasteiger partial charge in [0.15, 0.2) is 0 Å². The minimum atomic E-state index is 0.225. The molecule has 0 aliphatic heterocycles. The molecule has 0 rings (SSSR count). The van der Waals surface area contributed by atoms with Gasteiger partial charge in [-0.2, -0.15) is 0 Å². The Balaban J connectivity index is 3.35. The molecule has 3 nitrogen and oxygen atoms in total. The van der Waals surface area contributed by atoms with E-state index >= 15 is 0 Å². The fourth-order valence-corrected chi connectivity index (χ4v) is 1.17. The van der Waals surface area contributed by atoms with Gasteiger partial charge in [-0.1, -0.05) is 20.8 Å². The van der Waals surface area contributed by atoms with Crippen LogP contribution in [0.2, 0.25) is 0 Å². The molecule has 0 amide bonds. The number of methoxy groups -OCH3 is 1. The van der Waals surface area contributed by atoms with Crippen molar-refractivity contribution in [3.8, 4) is 0 Å². The van der Waals surface area contributed by atoms with Crippen LogP contribution >= 0.6 is 0 Å². The fourth-order valence-electron chi connectivity index (χ4n) is 1.17. The average molecular weight is 203 g/mol. The SMILES string of the molecule is CCNCC(C)(C)COCCCOC. The Morgan fingerprint density at radius 2 is 1.93 bits per heavy atom. The highest BCUT2D eigenvalue weighted by Gasteiger charge is 2.16. The topological polar surface area (TPSA) is 30.5 Å². The molecule has 0 saturated carbocycles. The van der Waals surface area contributed by atoms with Gasteiger partial charge in [-0.05, 0) is 13.0 Å². The van der Waals surface area contributed by atoms with Crippen molar-refractivity contribution in [3.05, 3.63) is 0 Å². The predicted octanol–water partition coefficient (Wildman–Crippen LogP) is 1.68. The third-order valence-corrected chi connectivity index (χ3v) is 1.98. The first-order valence-corrected chi connectivity index (χ1v) is 5.40. The molecule has 0 spiro atoms. The zero-order valence-electron chi connectivity index (χ0n) is 10.1. The maximum atomic E-state index is 5.58. The Bertz CT molecular complexity index is 126. The van der Waals surface area contributed by atoms with Crippen LogP contribution in [0.4, 0.5) is 0 Å². The first kappa shape index (κ1) is 13.9. The van der Waals surface area contributed by atoms with E-state index in [-0.39, 0.29) is 5.41 Å². The summed E-state index contributed by atoms with van der Waals surface area (Å²) in [6, 6.07) is 0. The summed E-state index contributed by atoms with van der Waals surface area (Å²) in [6.07, 6.45) is 0.980. The van der Waals surface area contributed by atoms with Gasteiger partial charge in [-0.3, -0.25) is 0 Å². The summed E-state index contributed by atoms with van der Waals surface area (Å²) in [4.78, 5) is 0. The van der Waals surface area contributed by atoms with Crippen molar-refractivity contribution >= 4 is 0 Å². The molecule has 0 radical (unpaired) electrons. The second-order valence-electron chi connectivity index (χ2n) is 4.34. The van der Waals surface area contributed by atoms with E-state index in [0.29, 0.717) is 0 Å². The van der Waals surface area contributed by atoms with Crippen LogP contribution in [0.5, 0.6) is 0 Å². The van der Waals surface area contributed by atoms with Gasteiger partial charge in [-0.25, -0.2) is 0 Å². The third-order valence-electron chi connectivity index (χ3n) is 1.98. The Kier molecular flexibility index (Phi) is 8.14. The van der Waals surface area contributed by atoms with Gasteiger partial charge < -0.3 is 14.8 Å². The molecule has 0 unspecified atom stereocenters. The van der Waals surface area contributed by atoms with Crippen LogP contribution in [0.25, 0.3) is 0 Å². The fraction of sp³-hybridized carbons (Fsp3) is 1.00. The maximum absolute atomic E-state index is 5.58. The lowest BCUT2D eigenvalue weighted by atomic mass is 9.95. The van der Waals surface area contributed by atoms with Gasteiger partial charge in [0.25, 0.3) is 0 Å². The third kappa shape index (κ3) is 8.48. The Labute approximate surface area is 88.2 Å². The number of hydrogen-bond acceptors (Lipinski definition) is 3. The molecule has 3 heteroatoms. The van der Waals surface area contributed by atoms with E-state index in [4.69, 9.17) is 9.47 Å². The first-order chi connectivity index (χ1) is 6.62. The second-order valence-corrected chi connectivity index (χ2v) is 4.34. The standard InChI is InChI=1S/C11H25NO2/c1-5-12-9-11(2,3)10-14-8-6-7-13-4/h12H,5-10H2,1-4H3. The molecule has 0 aliphatic carbocycles. The first-order valence-electron chi connectivity index (χ1n) is 5.40. The summed E-state index contributed by atoms with van der Waals surface area (Å²) in [5, 5.41) is 3.34. The average Bonchev–Trinajstić information content (AvgIpc) is 2.15. The zero-order valence-corrected chi connectivity index (χ0v) is 10.1. The number of rotatable bonds is 9. The molecule has 0 bridgehead atoms. The molecular formula is C11H25NO2. The van der Waals surface area contributed by atoms with Crippen LogP contribution in [0.3, 0.4) is 0 Å². The van der Waals surface area contributed by atoms with Gasteiger partial charge in [0, 0.05) is 32.3 Å². The lowest BCUT2D eigenvalue weighted by Gasteiger charge is -2.24. The van der Waals surface area contributed by atoms with Crippen LogP contribution in [-0.4, -0.2) is 40.0 Å². The molecular weight excluding hydrogens is 178 g/mol. The molecule has 0 aromatic carbocycles. The smallest absolute Gasteiger partial charge is 0.0529 e. The normalized spacial score (nSPS) is 12.0. The molecule has 0 heterocycles. The Hall–Kier alpha value is -0.120. The van der Waals surface area contributed by atoms with Crippen molar-refractivity contribution in [3.63, 3.8) is 0 Å². The number of ether oxygens (including phenoxy) is 2. The van der Waals surface area contributed by atoms with Gasteiger partial charge in [0.1, 0.15) is 0 Å². The summed E-state index contributed by atoms with van der Waals surface area (Å²) in [5.41, 5.74) is 0.225. The Morgan fingerprint density at radius 3 is 2.50 bits per heavy atom. The molecule has 0 aromatic heterocycles. The van der Waals surface area contributed by atoms with Crippen LogP contribution in [0.1, 0.15) is 27.2 Å². The lowest BCUT2D eigenvalue weighted by molar-refractivity contribution is 0.0493. The van der Waals surface area contributed by atoms with Gasteiger partial charge in [0.2, 0.25) is 0 Å². The molecule has 1 N–H and O–H groups in total. The van der Waals surface area contributed by atoms with Crippen LogP contribution in [-0.2, 0) is 9.47 Å². The minimum Gasteiger partial charge on any atom is -0.385 e. The molecule has 0 aliphatic rings. The zero-order chi connectivity index (χ0) is 10.9. The largest absolute Gasteiger partial charge is 0.385 e. The molecule has 0 aromatic rings. The van der Waals surface area contributed by atoms with Crippen molar-refractivity contribution in [1.82, 2.24) is 5.32 Å². The molecule has 86 valence electrons. The van der Waals surface area contributed by atoms with Crippen LogP contribution in [0, 0.1) is 5.41 Å². The second kappa shape index (κ2) is 8.21. The van der Waals surface area contributed by atoms with E-state index in [0.717, 1.165) is 39.3 Å². The highest BCUT2D eigenvalue weighted by atomic mass is 16.5. The van der Waals surface area contributed by atoms with Gasteiger partial charge >= 0.3 is 0 Å². The van der Waals surface area contributed by atoms with Crippen molar-refractivity contribution < 1.29 is 9.47 Å². The molecule has 0 fully saturated rings. The van der Waals surface area contributed by atoms with Crippen LogP contribution in [0.15, 0.2) is 0 Å². The summed E-state index contributed by atoms with van der Waals surface area (Å²) in [5.74, 6) is 0. The summed E-state index contributed by atoms with van der Waals surface area (Å²) < 4.78 is 10.5. The monoisotopic (exact) mass is 203 g/mol. The molecule has 0 atom stereocenters. The van der Waals surface area contributed by atoms with E-state index in [2.05, 4.69) is 26.1 Å². The van der Waals surface area contributed by atoms with Crippen molar-refractivity contribution in [1.29, 1.82) is 0 Å². The van der Waals surface area contributed by atoms with Crippen molar-refractivity contribution in [2.75, 3.05) is 40.0 Å². The predicted molar refractivity (Wildman–Crippen MR) is 59.6 cm³/mol. The quantitative estimate of drug-likeness (QED) is 0.578. The van der Waals surface area contributed by atoms with Crippen LogP contribution < -0.4 is 5.32 Å². The highest BCUT2D eigenvalue weighted by Crippen LogP contribution is 2.13. The number of nitrogens with one attached hydrogen (secondary N) is 1. The van der Waals surface area contributed by atoms with E-state index in [1.165, 1.54) is 0 Å². The van der Waals surface area contributed by atoms with Crippen molar-refractivity contribution in [2.24, 2.45) is 5.41 Å². The minimum absolute atomic E-state index is 0.225. The summed E-state index contributed by atoms with van der Waals surface area (Å²) in [7, 11) is 1.72. The highest BCUT2D eigenvalue weighted by molar-refractivity contribution is 4.70. The Morgan fingerprint density at radius 1 is 1.21 bits per heavy atom. The van der Waals surface area contributed by atoms with Gasteiger partial charge in [0.05, 0.1) is 6.61 Å². The van der Waals surface area contributed by atoms with E-state index in [1.54, 1.807) is 7.11 Å². The van der Waals surface area contributed by atoms with Gasteiger partial charge in [-0.15, -0.1) is 0 Å².